The maximum atomic E-state index is 15.7. The van der Waals surface area contributed by atoms with Gasteiger partial charge in [0, 0.05) is 42.2 Å². The molecule has 11 heteroatoms. The fraction of sp³-hybridized carbons (Fsp3) is 0.172. The topological polar surface area (TPSA) is 118 Å². The van der Waals surface area contributed by atoms with Gasteiger partial charge in [0.2, 0.25) is 0 Å². The number of fused-ring (bicyclic) bond motifs is 2. The van der Waals surface area contributed by atoms with Gasteiger partial charge in [-0.1, -0.05) is 17.3 Å². The van der Waals surface area contributed by atoms with Gasteiger partial charge >= 0.3 is 0 Å². The van der Waals surface area contributed by atoms with Crippen molar-refractivity contribution >= 4 is 33.7 Å². The minimum Gasteiger partial charge on any atom is -0.315 e. The Hall–Kier alpha value is -5.03. The largest absolute Gasteiger partial charge is 0.315 e. The van der Waals surface area contributed by atoms with Gasteiger partial charge in [0.05, 0.1) is 23.0 Å². The molecule has 1 atom stereocenters. The van der Waals surface area contributed by atoms with Crippen molar-refractivity contribution in [2.24, 2.45) is 0 Å². The molecule has 40 heavy (non-hydrogen) atoms. The third-order valence-corrected chi connectivity index (χ3v) is 7.28. The molecule has 0 unspecified atom stereocenters. The number of rotatable bonds is 5. The molecule has 1 fully saturated rings. The number of piperidine rings is 1. The van der Waals surface area contributed by atoms with Crippen molar-refractivity contribution < 1.29 is 9.18 Å². The third-order valence-electron chi connectivity index (χ3n) is 7.28. The van der Waals surface area contributed by atoms with Crippen molar-refractivity contribution in [2.45, 2.75) is 18.9 Å². The van der Waals surface area contributed by atoms with E-state index in [4.69, 9.17) is 0 Å². The highest BCUT2D eigenvalue weighted by molar-refractivity contribution is 6.10. The lowest BCUT2D eigenvalue weighted by molar-refractivity contribution is 0.0968. The van der Waals surface area contributed by atoms with Crippen molar-refractivity contribution in [3.63, 3.8) is 0 Å². The molecule has 1 amide bonds. The predicted molar refractivity (Wildman–Crippen MR) is 149 cm³/mol. The summed E-state index contributed by atoms with van der Waals surface area (Å²) in [7, 11) is 0. The van der Waals surface area contributed by atoms with Crippen LogP contribution in [0, 0.1) is 5.82 Å². The van der Waals surface area contributed by atoms with Gasteiger partial charge in [-0.25, -0.2) is 14.4 Å². The van der Waals surface area contributed by atoms with Crippen LogP contribution in [0.25, 0.3) is 38.9 Å². The van der Waals surface area contributed by atoms with E-state index in [0.29, 0.717) is 29.2 Å². The van der Waals surface area contributed by atoms with Crippen LogP contribution >= 0.6 is 0 Å². The summed E-state index contributed by atoms with van der Waals surface area (Å²) in [5.74, 6) is -0.618. The molecule has 0 radical (unpaired) electrons. The second kappa shape index (κ2) is 9.93. The Labute approximate surface area is 227 Å². The van der Waals surface area contributed by atoms with Crippen LogP contribution in [0.4, 0.5) is 10.2 Å². The number of H-pyrrole nitrogens is 1. The summed E-state index contributed by atoms with van der Waals surface area (Å²) in [6.07, 6.45) is 6.67. The van der Waals surface area contributed by atoms with Gasteiger partial charge in [0.15, 0.2) is 5.65 Å². The maximum Gasteiger partial charge on any atom is 0.262 e. The van der Waals surface area contributed by atoms with E-state index in [2.05, 4.69) is 35.8 Å². The van der Waals surface area contributed by atoms with Crippen LogP contribution in [0.5, 0.6) is 0 Å². The summed E-state index contributed by atoms with van der Waals surface area (Å²) in [5.41, 5.74) is 3.24. The summed E-state index contributed by atoms with van der Waals surface area (Å²) in [6, 6.07) is 17.6. The molecule has 2 aromatic carbocycles. The zero-order chi connectivity index (χ0) is 27.1. The summed E-state index contributed by atoms with van der Waals surface area (Å²) in [6.45, 7) is 1.45. The van der Waals surface area contributed by atoms with E-state index in [0.717, 1.165) is 41.4 Å². The van der Waals surface area contributed by atoms with Crippen LogP contribution in [0.2, 0.25) is 0 Å². The van der Waals surface area contributed by atoms with E-state index in [9.17, 15) is 4.79 Å². The van der Waals surface area contributed by atoms with E-state index in [1.165, 1.54) is 16.8 Å². The smallest absolute Gasteiger partial charge is 0.262 e. The molecule has 1 aliphatic rings. The fourth-order valence-electron chi connectivity index (χ4n) is 5.30. The van der Waals surface area contributed by atoms with Crippen LogP contribution in [0.3, 0.4) is 0 Å². The van der Waals surface area contributed by atoms with Gasteiger partial charge in [0.1, 0.15) is 17.2 Å². The number of aromatic nitrogens is 7. The quantitative estimate of drug-likeness (QED) is 0.339. The van der Waals surface area contributed by atoms with Gasteiger partial charge in [-0.15, -0.1) is 5.10 Å². The Morgan fingerprint density at radius 1 is 1.02 bits per heavy atom. The number of benzene rings is 2. The zero-order valence-electron chi connectivity index (χ0n) is 21.3. The normalized spacial score (nSPS) is 15.5. The first-order valence-corrected chi connectivity index (χ1v) is 13.1. The number of nitrogens with one attached hydrogen (secondary N) is 2. The number of anilines is 1. The number of carbonyl (C=O) groups is 1. The Kier molecular flexibility index (Phi) is 5.97. The molecule has 4 aromatic heterocycles. The lowest BCUT2D eigenvalue weighted by Crippen LogP contribution is -2.49. The number of hydrogen-bond donors (Lipinski definition) is 2. The van der Waals surface area contributed by atoms with Crippen LogP contribution in [-0.4, -0.2) is 60.2 Å². The number of amides is 1. The predicted octanol–water partition coefficient (Wildman–Crippen LogP) is 4.29. The highest BCUT2D eigenvalue weighted by atomic mass is 19.1. The number of aromatic amines is 1. The SMILES string of the molecule is O=C(c1ccc(-n2nnc3cccnc32)cc1F)N(c1nccc2ccc(-c3ccn[nH]3)cc12)[C@@H]1CCCNC1. The van der Waals surface area contributed by atoms with Crippen LogP contribution in [-0.2, 0) is 0 Å². The van der Waals surface area contributed by atoms with Gasteiger partial charge in [0.25, 0.3) is 5.91 Å². The van der Waals surface area contributed by atoms with Crippen molar-refractivity contribution in [3.8, 4) is 16.9 Å². The molecule has 0 spiro atoms. The number of nitrogens with zero attached hydrogens (tertiary/aromatic N) is 7. The first kappa shape index (κ1) is 24.0. The first-order chi connectivity index (χ1) is 19.7. The standard InChI is InChI=1S/C29H24FN9O/c30-24-16-20(39-28-26(36-37-39)4-2-12-32-28)7-8-22(24)29(40)38(21-3-1-11-31-17-21)27-23-15-19(25-10-14-34-35-25)6-5-18(23)9-13-33-27/h2,4-10,12-16,21,31H,1,3,11,17H2,(H,34,35)/t21-/m1/s1. The summed E-state index contributed by atoms with van der Waals surface area (Å²) in [4.78, 5) is 24.8. The van der Waals surface area contributed by atoms with Crippen molar-refractivity contribution in [1.29, 1.82) is 0 Å². The second-order valence-corrected chi connectivity index (χ2v) is 9.73. The first-order valence-electron chi connectivity index (χ1n) is 13.1. The van der Waals surface area contributed by atoms with Crippen molar-refractivity contribution in [1.82, 2.24) is 40.5 Å². The highest BCUT2D eigenvalue weighted by Gasteiger charge is 2.31. The van der Waals surface area contributed by atoms with Gasteiger partial charge in [-0.2, -0.15) is 9.78 Å². The third kappa shape index (κ3) is 4.16. The molecule has 5 heterocycles. The molecular formula is C29H24FN9O. The number of halogens is 1. The Balaban J connectivity index is 1.32. The van der Waals surface area contributed by atoms with Crippen molar-refractivity contribution in [2.75, 3.05) is 18.0 Å². The van der Waals surface area contributed by atoms with Crippen LogP contribution < -0.4 is 10.2 Å². The number of hydrogen-bond acceptors (Lipinski definition) is 7. The lowest BCUT2D eigenvalue weighted by atomic mass is 10.0. The number of pyridine rings is 2. The van der Waals surface area contributed by atoms with Crippen LogP contribution in [0.1, 0.15) is 23.2 Å². The molecule has 0 saturated carbocycles. The molecule has 10 nitrogen and oxygen atoms in total. The molecular weight excluding hydrogens is 509 g/mol. The Morgan fingerprint density at radius 3 is 2.80 bits per heavy atom. The van der Waals surface area contributed by atoms with E-state index in [-0.39, 0.29) is 11.6 Å². The lowest BCUT2D eigenvalue weighted by Gasteiger charge is -2.34. The van der Waals surface area contributed by atoms with E-state index >= 15 is 4.39 Å². The van der Waals surface area contributed by atoms with E-state index in [1.807, 2.05) is 30.3 Å². The summed E-state index contributed by atoms with van der Waals surface area (Å²) >= 11 is 0. The molecule has 7 rings (SSSR count). The molecule has 1 saturated heterocycles. The Bertz CT molecular complexity index is 1840. The molecule has 198 valence electrons. The highest BCUT2D eigenvalue weighted by Crippen LogP contribution is 2.32. The molecule has 0 bridgehead atoms. The number of carbonyl (C=O) groups excluding carboxylic acids is 1. The van der Waals surface area contributed by atoms with Crippen molar-refractivity contribution in [3.05, 3.63) is 90.6 Å². The van der Waals surface area contributed by atoms with Crippen LogP contribution in [0.15, 0.2) is 79.3 Å². The molecule has 6 aromatic rings. The zero-order valence-corrected chi connectivity index (χ0v) is 21.3. The minimum absolute atomic E-state index is 0.0461. The van der Waals surface area contributed by atoms with E-state index < -0.39 is 11.7 Å². The summed E-state index contributed by atoms with van der Waals surface area (Å²) < 4.78 is 17.2. The summed E-state index contributed by atoms with van der Waals surface area (Å²) in [5, 5.41) is 20.4. The maximum absolute atomic E-state index is 15.7. The van der Waals surface area contributed by atoms with E-state index in [1.54, 1.807) is 41.7 Å². The Morgan fingerprint density at radius 2 is 1.98 bits per heavy atom. The van der Waals surface area contributed by atoms with Gasteiger partial charge in [-0.3, -0.25) is 14.8 Å². The monoisotopic (exact) mass is 533 g/mol. The van der Waals surface area contributed by atoms with Gasteiger partial charge < -0.3 is 5.32 Å². The fourth-order valence-corrected chi connectivity index (χ4v) is 5.30. The molecule has 1 aliphatic heterocycles. The van der Waals surface area contributed by atoms with Gasteiger partial charge in [-0.05, 0) is 67.2 Å². The second-order valence-electron chi connectivity index (χ2n) is 9.73. The molecule has 2 N–H and O–H groups in total. The minimum atomic E-state index is -0.658. The average Bonchev–Trinajstić information content (AvgIpc) is 3.69. The average molecular weight is 534 g/mol. The molecule has 0 aliphatic carbocycles.